The highest BCUT2D eigenvalue weighted by Crippen LogP contribution is 2.21. The van der Waals surface area contributed by atoms with Gasteiger partial charge in [0.05, 0.1) is 6.04 Å². The van der Waals surface area contributed by atoms with E-state index in [4.69, 9.17) is 11.6 Å². The minimum atomic E-state index is -0.146. The standard InChI is InChI=1S/C17H19ClN2O2S/c1-12(13-3-5-15(18)6-4-13)20(2)16(21)7-9-19-17(22)14-8-10-23-11-14/h3-6,8,10-12H,7,9H2,1-2H3,(H,19,22). The molecule has 23 heavy (non-hydrogen) atoms. The lowest BCUT2D eigenvalue weighted by Crippen LogP contribution is -2.33. The Morgan fingerprint density at radius 3 is 2.57 bits per heavy atom. The fourth-order valence-electron chi connectivity index (χ4n) is 2.14. The zero-order chi connectivity index (χ0) is 16.8. The Morgan fingerprint density at radius 2 is 1.96 bits per heavy atom. The zero-order valence-corrected chi connectivity index (χ0v) is 14.7. The first kappa shape index (κ1) is 17.5. The van der Waals surface area contributed by atoms with Gasteiger partial charge in [0.15, 0.2) is 0 Å². The summed E-state index contributed by atoms with van der Waals surface area (Å²) < 4.78 is 0. The van der Waals surface area contributed by atoms with E-state index in [1.807, 2.05) is 36.6 Å². The number of rotatable bonds is 6. The highest BCUT2D eigenvalue weighted by Gasteiger charge is 2.17. The number of thiophene rings is 1. The molecule has 0 aliphatic rings. The van der Waals surface area contributed by atoms with Gasteiger partial charge in [-0.3, -0.25) is 9.59 Å². The van der Waals surface area contributed by atoms with Crippen molar-refractivity contribution in [1.82, 2.24) is 10.2 Å². The molecule has 0 spiro atoms. The van der Waals surface area contributed by atoms with Crippen molar-refractivity contribution in [3.63, 3.8) is 0 Å². The van der Waals surface area contributed by atoms with Crippen LogP contribution in [-0.2, 0) is 4.79 Å². The summed E-state index contributed by atoms with van der Waals surface area (Å²) in [5.41, 5.74) is 1.65. The van der Waals surface area contributed by atoms with Gasteiger partial charge in [0.25, 0.3) is 5.91 Å². The molecule has 0 aliphatic carbocycles. The number of carbonyl (C=O) groups is 2. The third-order valence-corrected chi connectivity index (χ3v) is 4.67. The maximum absolute atomic E-state index is 12.2. The van der Waals surface area contributed by atoms with Crippen LogP contribution in [0.2, 0.25) is 5.02 Å². The first-order valence-electron chi connectivity index (χ1n) is 7.30. The molecule has 1 aromatic heterocycles. The molecule has 2 rings (SSSR count). The molecular weight excluding hydrogens is 332 g/mol. The van der Waals surface area contributed by atoms with Gasteiger partial charge in [-0.15, -0.1) is 0 Å². The maximum atomic E-state index is 12.2. The fraction of sp³-hybridized carbons (Fsp3) is 0.294. The Morgan fingerprint density at radius 1 is 1.26 bits per heavy atom. The van der Waals surface area contributed by atoms with Crippen LogP contribution in [-0.4, -0.2) is 30.3 Å². The fourth-order valence-corrected chi connectivity index (χ4v) is 2.90. The molecule has 2 aromatic rings. The van der Waals surface area contributed by atoms with Gasteiger partial charge in [-0.1, -0.05) is 23.7 Å². The van der Waals surface area contributed by atoms with E-state index in [1.165, 1.54) is 11.3 Å². The van der Waals surface area contributed by atoms with Crippen LogP contribution < -0.4 is 5.32 Å². The van der Waals surface area contributed by atoms with E-state index >= 15 is 0 Å². The van der Waals surface area contributed by atoms with Crippen LogP contribution in [0.25, 0.3) is 0 Å². The van der Waals surface area contributed by atoms with Crippen LogP contribution >= 0.6 is 22.9 Å². The summed E-state index contributed by atoms with van der Waals surface area (Å²) in [6, 6.07) is 9.16. The van der Waals surface area contributed by atoms with Crippen molar-refractivity contribution in [3.05, 3.63) is 57.2 Å². The molecular formula is C17H19ClN2O2S. The summed E-state index contributed by atoms with van der Waals surface area (Å²) >= 11 is 7.35. The third-order valence-electron chi connectivity index (χ3n) is 3.73. The Labute approximate surface area is 145 Å². The van der Waals surface area contributed by atoms with Gasteiger partial charge in [0.1, 0.15) is 0 Å². The smallest absolute Gasteiger partial charge is 0.252 e. The second-order valence-electron chi connectivity index (χ2n) is 5.25. The van der Waals surface area contributed by atoms with E-state index in [9.17, 15) is 9.59 Å². The van der Waals surface area contributed by atoms with E-state index in [1.54, 1.807) is 23.4 Å². The lowest BCUT2D eigenvalue weighted by atomic mass is 10.1. The SMILES string of the molecule is CC(c1ccc(Cl)cc1)N(C)C(=O)CCNC(=O)c1ccsc1. The molecule has 0 radical (unpaired) electrons. The number of nitrogens with one attached hydrogen (secondary N) is 1. The van der Waals surface area contributed by atoms with Gasteiger partial charge in [-0.25, -0.2) is 0 Å². The van der Waals surface area contributed by atoms with Gasteiger partial charge in [0, 0.05) is 36.0 Å². The Hall–Kier alpha value is -1.85. The highest BCUT2D eigenvalue weighted by molar-refractivity contribution is 7.08. The molecule has 1 heterocycles. The van der Waals surface area contributed by atoms with Gasteiger partial charge in [0.2, 0.25) is 5.91 Å². The summed E-state index contributed by atoms with van der Waals surface area (Å²) in [5.74, 6) is -0.162. The predicted octanol–water partition coefficient (Wildman–Crippen LogP) is 3.74. The highest BCUT2D eigenvalue weighted by atomic mass is 35.5. The molecule has 1 aromatic carbocycles. The summed E-state index contributed by atoms with van der Waals surface area (Å²) in [4.78, 5) is 25.7. The molecule has 1 N–H and O–H groups in total. The van der Waals surface area contributed by atoms with Crippen molar-refractivity contribution in [2.24, 2.45) is 0 Å². The lowest BCUT2D eigenvalue weighted by Gasteiger charge is -2.25. The third kappa shape index (κ3) is 4.81. The van der Waals surface area contributed by atoms with Crippen LogP contribution in [0, 0.1) is 0 Å². The average molecular weight is 351 g/mol. The molecule has 0 bridgehead atoms. The Bertz CT molecular complexity index is 656. The maximum Gasteiger partial charge on any atom is 0.252 e. The number of amides is 2. The Kier molecular flexibility index (Phi) is 6.19. The van der Waals surface area contributed by atoms with Crippen molar-refractivity contribution < 1.29 is 9.59 Å². The topological polar surface area (TPSA) is 49.4 Å². The molecule has 4 nitrogen and oxygen atoms in total. The second-order valence-corrected chi connectivity index (χ2v) is 6.47. The minimum Gasteiger partial charge on any atom is -0.351 e. The van der Waals surface area contributed by atoms with Crippen LogP contribution in [0.4, 0.5) is 0 Å². The van der Waals surface area contributed by atoms with E-state index in [0.717, 1.165) is 5.56 Å². The quantitative estimate of drug-likeness (QED) is 0.862. The molecule has 6 heteroatoms. The van der Waals surface area contributed by atoms with Crippen LogP contribution in [0.3, 0.4) is 0 Å². The normalized spacial score (nSPS) is 11.8. The van der Waals surface area contributed by atoms with Crippen molar-refractivity contribution in [2.45, 2.75) is 19.4 Å². The van der Waals surface area contributed by atoms with Crippen molar-refractivity contribution in [2.75, 3.05) is 13.6 Å². The molecule has 0 saturated carbocycles. The van der Waals surface area contributed by atoms with Crippen LogP contribution in [0.15, 0.2) is 41.1 Å². The van der Waals surface area contributed by atoms with E-state index < -0.39 is 0 Å². The molecule has 2 amide bonds. The lowest BCUT2D eigenvalue weighted by molar-refractivity contribution is -0.131. The molecule has 0 aliphatic heterocycles. The monoisotopic (exact) mass is 350 g/mol. The number of halogens is 1. The van der Waals surface area contributed by atoms with Crippen LogP contribution in [0.1, 0.15) is 35.3 Å². The number of carbonyl (C=O) groups excluding carboxylic acids is 2. The van der Waals surface area contributed by atoms with Crippen molar-refractivity contribution in [3.8, 4) is 0 Å². The van der Waals surface area contributed by atoms with Gasteiger partial charge >= 0.3 is 0 Å². The summed E-state index contributed by atoms with van der Waals surface area (Å²) in [6.07, 6.45) is 0.268. The van der Waals surface area contributed by atoms with Crippen molar-refractivity contribution in [1.29, 1.82) is 0 Å². The zero-order valence-electron chi connectivity index (χ0n) is 13.1. The average Bonchev–Trinajstić information content (AvgIpc) is 3.08. The second kappa shape index (κ2) is 8.13. The Balaban J connectivity index is 1.82. The first-order chi connectivity index (χ1) is 11.0. The number of benzene rings is 1. The van der Waals surface area contributed by atoms with Crippen molar-refractivity contribution >= 4 is 34.8 Å². The summed E-state index contributed by atoms with van der Waals surface area (Å²) in [6.45, 7) is 2.29. The van der Waals surface area contributed by atoms with Gasteiger partial charge in [-0.05, 0) is 36.1 Å². The molecule has 1 unspecified atom stereocenters. The first-order valence-corrected chi connectivity index (χ1v) is 8.62. The van der Waals surface area contributed by atoms with E-state index in [2.05, 4.69) is 5.32 Å². The van der Waals surface area contributed by atoms with E-state index in [-0.39, 0.29) is 24.3 Å². The molecule has 0 fully saturated rings. The largest absolute Gasteiger partial charge is 0.351 e. The van der Waals surface area contributed by atoms with Gasteiger partial charge < -0.3 is 10.2 Å². The molecule has 1 atom stereocenters. The number of nitrogens with zero attached hydrogens (tertiary/aromatic N) is 1. The molecule has 0 saturated heterocycles. The summed E-state index contributed by atoms with van der Waals surface area (Å²) in [7, 11) is 1.77. The van der Waals surface area contributed by atoms with E-state index in [0.29, 0.717) is 17.1 Å². The minimum absolute atomic E-state index is 0.0157. The van der Waals surface area contributed by atoms with Crippen LogP contribution in [0.5, 0.6) is 0 Å². The number of hydrogen-bond acceptors (Lipinski definition) is 3. The summed E-state index contributed by atoms with van der Waals surface area (Å²) in [5, 5.41) is 7.06. The number of hydrogen-bond donors (Lipinski definition) is 1. The van der Waals surface area contributed by atoms with Gasteiger partial charge in [-0.2, -0.15) is 11.3 Å². The molecule has 122 valence electrons. The predicted molar refractivity (Wildman–Crippen MR) is 93.9 cm³/mol.